The number of hydrogen-bond donors (Lipinski definition) is 8. The van der Waals surface area contributed by atoms with E-state index in [1.54, 1.807) is 0 Å². The van der Waals surface area contributed by atoms with Crippen molar-refractivity contribution in [2.75, 3.05) is 13.2 Å². The molecule has 10 atom stereocenters. The summed E-state index contributed by atoms with van der Waals surface area (Å²) in [7, 11) is 0. The number of aliphatic hydroxyl groups is 8. The second kappa shape index (κ2) is 7.63. The Bertz CT molecular complexity index is 344. The van der Waals surface area contributed by atoms with Crippen LogP contribution in [0.25, 0.3) is 0 Å². The van der Waals surface area contributed by atoms with Crippen molar-refractivity contribution in [2.45, 2.75) is 61.4 Å². The molecule has 2 rings (SSSR count). The highest BCUT2D eigenvalue weighted by molar-refractivity contribution is 4.92. The maximum absolute atomic E-state index is 9.84. The van der Waals surface area contributed by atoms with E-state index in [-0.39, 0.29) is 0 Å². The van der Waals surface area contributed by atoms with E-state index in [4.69, 9.17) is 24.4 Å². The summed E-state index contributed by atoms with van der Waals surface area (Å²) in [5.41, 5.74) is 0. The topological polar surface area (TPSA) is 190 Å². The second-order valence-corrected chi connectivity index (χ2v) is 5.53. The Hall–Kier alpha value is -0.440. The van der Waals surface area contributed by atoms with Crippen molar-refractivity contribution in [3.8, 4) is 0 Å². The third-order valence-electron chi connectivity index (χ3n) is 3.97. The van der Waals surface area contributed by atoms with Crippen molar-refractivity contribution >= 4 is 0 Å². The summed E-state index contributed by atoms with van der Waals surface area (Å²) in [4.78, 5) is 0. The number of rotatable bonds is 4. The van der Waals surface area contributed by atoms with Gasteiger partial charge >= 0.3 is 0 Å². The average Bonchev–Trinajstić information content (AvgIpc) is 2.55. The van der Waals surface area contributed by atoms with Gasteiger partial charge in [0.2, 0.25) is 0 Å². The van der Waals surface area contributed by atoms with Crippen molar-refractivity contribution in [3.05, 3.63) is 0 Å². The Kier molecular flexibility index (Phi) is 6.27. The van der Waals surface area contributed by atoms with Crippen molar-refractivity contribution < 1.29 is 55.1 Å². The molecule has 23 heavy (non-hydrogen) atoms. The number of hydrogen-bond acceptors (Lipinski definition) is 11. The summed E-state index contributed by atoms with van der Waals surface area (Å²) in [5, 5.41) is 76.4. The van der Waals surface area contributed by atoms with Crippen LogP contribution in [0.3, 0.4) is 0 Å². The zero-order valence-electron chi connectivity index (χ0n) is 12.0. The molecule has 2 saturated heterocycles. The molecule has 2 fully saturated rings. The minimum Gasteiger partial charge on any atom is -0.394 e. The molecule has 8 N–H and O–H groups in total. The van der Waals surface area contributed by atoms with Crippen LogP contribution in [0.4, 0.5) is 0 Å². The van der Waals surface area contributed by atoms with E-state index in [1.165, 1.54) is 0 Å². The highest BCUT2D eigenvalue weighted by atomic mass is 16.8. The third kappa shape index (κ3) is 3.65. The molecule has 0 aromatic carbocycles. The Labute approximate surface area is 130 Å². The third-order valence-corrected chi connectivity index (χ3v) is 3.97. The Morgan fingerprint density at radius 2 is 0.913 bits per heavy atom. The molecule has 0 spiro atoms. The molecule has 0 amide bonds. The molecule has 0 aromatic heterocycles. The molecule has 2 aliphatic heterocycles. The fourth-order valence-corrected chi connectivity index (χ4v) is 2.49. The first-order valence-corrected chi connectivity index (χ1v) is 7.08. The first kappa shape index (κ1) is 18.9. The minimum absolute atomic E-state index is 0.667. The van der Waals surface area contributed by atoms with Gasteiger partial charge in [0.1, 0.15) is 48.8 Å². The van der Waals surface area contributed by atoms with Crippen LogP contribution in [0.15, 0.2) is 0 Å². The fraction of sp³-hybridized carbons (Fsp3) is 1.00. The first-order chi connectivity index (χ1) is 10.8. The number of aliphatic hydroxyl groups excluding tert-OH is 8. The standard InChI is InChI=1S/C12H22O11/c13-1-3-5(15)7(17)9(19)11(21-3)23-12-10(20)8(18)6(16)4(2-14)22-12/h3-20H,1-2H2/t3-,4-,5-,6-,7-,8-,9-,10-,11-,12-/m1/s1. The van der Waals surface area contributed by atoms with E-state index in [0.717, 1.165) is 0 Å². The summed E-state index contributed by atoms with van der Waals surface area (Å²) >= 11 is 0. The van der Waals surface area contributed by atoms with Gasteiger partial charge < -0.3 is 55.1 Å². The molecular weight excluding hydrogens is 320 g/mol. The lowest BCUT2D eigenvalue weighted by Crippen LogP contribution is -2.63. The lowest BCUT2D eigenvalue weighted by molar-refractivity contribution is -0.376. The molecule has 0 aromatic rings. The molecule has 11 nitrogen and oxygen atoms in total. The van der Waals surface area contributed by atoms with Crippen LogP contribution in [0.1, 0.15) is 0 Å². The van der Waals surface area contributed by atoms with Gasteiger partial charge in [-0.15, -0.1) is 0 Å². The lowest BCUT2D eigenvalue weighted by atomic mass is 9.98. The maximum Gasteiger partial charge on any atom is 0.189 e. The quantitative estimate of drug-likeness (QED) is 0.243. The smallest absolute Gasteiger partial charge is 0.189 e. The zero-order valence-corrected chi connectivity index (χ0v) is 12.0. The van der Waals surface area contributed by atoms with Gasteiger partial charge in [0, 0.05) is 0 Å². The van der Waals surface area contributed by atoms with E-state index < -0.39 is 74.6 Å². The van der Waals surface area contributed by atoms with E-state index in [1.807, 2.05) is 0 Å². The predicted molar refractivity (Wildman–Crippen MR) is 68.6 cm³/mol. The van der Waals surface area contributed by atoms with Gasteiger partial charge in [-0.2, -0.15) is 0 Å². The molecule has 0 bridgehead atoms. The van der Waals surface area contributed by atoms with Crippen molar-refractivity contribution in [3.63, 3.8) is 0 Å². The molecular formula is C12H22O11. The average molecular weight is 342 g/mol. The molecule has 2 aliphatic rings. The van der Waals surface area contributed by atoms with Gasteiger partial charge in [-0.3, -0.25) is 0 Å². The summed E-state index contributed by atoms with van der Waals surface area (Å²) in [5.74, 6) is 0. The zero-order chi connectivity index (χ0) is 17.3. The lowest BCUT2D eigenvalue weighted by Gasteiger charge is -2.44. The van der Waals surface area contributed by atoms with Crippen LogP contribution in [0.5, 0.6) is 0 Å². The van der Waals surface area contributed by atoms with Crippen molar-refractivity contribution in [2.24, 2.45) is 0 Å². The van der Waals surface area contributed by atoms with Gasteiger partial charge in [-0.05, 0) is 0 Å². The highest BCUT2D eigenvalue weighted by Crippen LogP contribution is 2.27. The molecule has 0 saturated carbocycles. The molecule has 2 heterocycles. The fourth-order valence-electron chi connectivity index (χ4n) is 2.49. The summed E-state index contributed by atoms with van der Waals surface area (Å²) < 4.78 is 15.3. The molecule has 136 valence electrons. The van der Waals surface area contributed by atoms with Crippen molar-refractivity contribution in [1.82, 2.24) is 0 Å². The molecule has 0 unspecified atom stereocenters. The summed E-state index contributed by atoms with van der Waals surface area (Å²) in [6.07, 6.45) is -15.6. The van der Waals surface area contributed by atoms with Crippen LogP contribution >= 0.6 is 0 Å². The first-order valence-electron chi connectivity index (χ1n) is 7.08. The van der Waals surface area contributed by atoms with Gasteiger partial charge in [-0.1, -0.05) is 0 Å². The minimum atomic E-state index is -1.72. The second-order valence-electron chi connectivity index (χ2n) is 5.53. The summed E-state index contributed by atoms with van der Waals surface area (Å²) in [6, 6.07) is 0. The molecule has 11 heteroatoms. The van der Waals surface area contributed by atoms with E-state index >= 15 is 0 Å². The predicted octanol–water partition coefficient (Wildman–Crippen LogP) is -5.40. The van der Waals surface area contributed by atoms with E-state index in [0.29, 0.717) is 0 Å². The highest BCUT2D eigenvalue weighted by Gasteiger charge is 2.49. The monoisotopic (exact) mass is 342 g/mol. The Balaban J connectivity index is 2.07. The van der Waals surface area contributed by atoms with E-state index in [9.17, 15) is 30.6 Å². The largest absolute Gasteiger partial charge is 0.394 e. The van der Waals surface area contributed by atoms with Crippen LogP contribution in [0, 0.1) is 0 Å². The van der Waals surface area contributed by atoms with Crippen LogP contribution in [-0.4, -0.2) is 115 Å². The van der Waals surface area contributed by atoms with Crippen molar-refractivity contribution in [1.29, 1.82) is 0 Å². The summed E-state index contributed by atoms with van der Waals surface area (Å²) in [6.45, 7) is -1.33. The van der Waals surface area contributed by atoms with E-state index in [2.05, 4.69) is 0 Å². The van der Waals surface area contributed by atoms with Crippen LogP contribution in [0.2, 0.25) is 0 Å². The normalized spacial score (nSPS) is 51.7. The van der Waals surface area contributed by atoms with Crippen LogP contribution < -0.4 is 0 Å². The van der Waals surface area contributed by atoms with Gasteiger partial charge in [0.05, 0.1) is 13.2 Å². The Morgan fingerprint density at radius 3 is 1.22 bits per heavy atom. The van der Waals surface area contributed by atoms with Gasteiger partial charge in [-0.25, -0.2) is 0 Å². The SMILES string of the molecule is OC[C@H]1O[C@H](O[C@H]2O[C@H](CO)[C@@H](O)[C@@H](O)[C@H]2O)[C@H](O)[C@H](O)[C@@H]1O. The molecule has 0 aliphatic carbocycles. The number of ether oxygens (including phenoxy) is 3. The van der Waals surface area contributed by atoms with Gasteiger partial charge in [0.25, 0.3) is 0 Å². The van der Waals surface area contributed by atoms with Gasteiger partial charge in [0.15, 0.2) is 12.6 Å². The Morgan fingerprint density at radius 1 is 0.565 bits per heavy atom. The molecule has 0 radical (unpaired) electrons. The maximum atomic E-state index is 9.84. The van der Waals surface area contributed by atoms with Crippen LogP contribution in [-0.2, 0) is 14.2 Å².